The van der Waals surface area contributed by atoms with Crippen molar-refractivity contribution in [3.63, 3.8) is 0 Å². The van der Waals surface area contributed by atoms with Crippen LogP contribution in [-0.4, -0.2) is 30.8 Å². The van der Waals surface area contributed by atoms with Crippen LogP contribution in [0.3, 0.4) is 0 Å². The molecule has 5 heteroatoms. The summed E-state index contributed by atoms with van der Waals surface area (Å²) in [5.74, 6) is 0.820. The molecule has 0 radical (unpaired) electrons. The molecule has 1 aliphatic heterocycles. The van der Waals surface area contributed by atoms with E-state index in [0.717, 1.165) is 48.8 Å². The fourth-order valence-corrected chi connectivity index (χ4v) is 3.80. The van der Waals surface area contributed by atoms with Crippen molar-refractivity contribution in [3.8, 4) is 11.4 Å². The molecule has 0 bridgehead atoms. The molecule has 1 aromatic carbocycles. The zero-order valence-electron chi connectivity index (χ0n) is 15.3. The molecule has 4 aromatic rings. The van der Waals surface area contributed by atoms with Crippen LogP contribution in [0.2, 0.25) is 0 Å². The third-order valence-corrected chi connectivity index (χ3v) is 5.25. The molecule has 27 heavy (non-hydrogen) atoms. The summed E-state index contributed by atoms with van der Waals surface area (Å²) in [6.07, 6.45) is 5.05. The lowest BCUT2D eigenvalue weighted by molar-refractivity contribution is 0.239. The lowest BCUT2D eigenvalue weighted by Crippen LogP contribution is -2.31. The molecule has 0 amide bonds. The van der Waals surface area contributed by atoms with Crippen molar-refractivity contribution in [1.82, 2.24) is 24.3 Å². The van der Waals surface area contributed by atoms with Gasteiger partial charge >= 0.3 is 0 Å². The van der Waals surface area contributed by atoms with E-state index in [2.05, 4.69) is 56.7 Å². The van der Waals surface area contributed by atoms with Crippen LogP contribution in [0.5, 0.6) is 0 Å². The zero-order valence-corrected chi connectivity index (χ0v) is 15.3. The van der Waals surface area contributed by atoms with Gasteiger partial charge in [-0.25, -0.2) is 15.0 Å². The van der Waals surface area contributed by atoms with E-state index in [9.17, 15) is 0 Å². The molecule has 0 saturated carbocycles. The third-order valence-electron chi connectivity index (χ3n) is 5.25. The van der Waals surface area contributed by atoms with Gasteiger partial charge < -0.3 is 4.40 Å². The molecule has 0 fully saturated rings. The Morgan fingerprint density at radius 3 is 2.74 bits per heavy atom. The van der Waals surface area contributed by atoms with Crippen LogP contribution < -0.4 is 0 Å². The van der Waals surface area contributed by atoms with E-state index in [1.54, 1.807) is 0 Å². The normalized spacial score (nSPS) is 14.4. The highest BCUT2D eigenvalue weighted by Crippen LogP contribution is 2.23. The third kappa shape index (κ3) is 3.00. The van der Waals surface area contributed by atoms with Crippen LogP contribution in [0, 0.1) is 6.92 Å². The topological polar surface area (TPSA) is 46.3 Å². The van der Waals surface area contributed by atoms with Crippen LogP contribution in [-0.2, 0) is 19.5 Å². The van der Waals surface area contributed by atoms with E-state index in [1.807, 2.05) is 30.5 Å². The van der Waals surface area contributed by atoms with E-state index in [-0.39, 0.29) is 0 Å². The van der Waals surface area contributed by atoms with Crippen molar-refractivity contribution in [2.24, 2.45) is 0 Å². The molecule has 5 rings (SSSR count). The van der Waals surface area contributed by atoms with Crippen molar-refractivity contribution >= 4 is 5.65 Å². The number of aryl methyl sites for hydroxylation is 1. The highest BCUT2D eigenvalue weighted by atomic mass is 15.2. The average Bonchev–Trinajstić information content (AvgIpc) is 3.03. The Morgan fingerprint density at radius 2 is 1.85 bits per heavy atom. The summed E-state index contributed by atoms with van der Waals surface area (Å²) >= 11 is 0. The second-order valence-electron chi connectivity index (χ2n) is 7.06. The second kappa shape index (κ2) is 6.59. The van der Waals surface area contributed by atoms with Crippen LogP contribution in [0.15, 0.2) is 60.9 Å². The minimum Gasteiger partial charge on any atom is -0.302 e. The minimum absolute atomic E-state index is 0.820. The highest BCUT2D eigenvalue weighted by molar-refractivity contribution is 5.54. The van der Waals surface area contributed by atoms with Gasteiger partial charge in [0.25, 0.3) is 0 Å². The summed E-state index contributed by atoms with van der Waals surface area (Å²) in [6.45, 7) is 4.86. The van der Waals surface area contributed by atoms with E-state index in [0.29, 0.717) is 0 Å². The van der Waals surface area contributed by atoms with Crippen molar-refractivity contribution in [2.75, 3.05) is 6.54 Å². The van der Waals surface area contributed by atoms with E-state index >= 15 is 0 Å². The Kier molecular flexibility index (Phi) is 3.94. The predicted octanol–water partition coefficient (Wildman–Crippen LogP) is 3.66. The molecule has 0 N–H and O–H groups in total. The minimum atomic E-state index is 0.820. The number of benzene rings is 1. The molecule has 1 aliphatic rings. The number of pyridine rings is 1. The Balaban J connectivity index is 1.39. The first-order valence-electron chi connectivity index (χ1n) is 9.33. The number of imidazole rings is 1. The lowest BCUT2D eigenvalue weighted by atomic mass is 10.1. The SMILES string of the molecule is Cc1nc2ccccn2c1CN1CCc2nc(-c3ccccc3)ncc2C1. The number of fused-ring (bicyclic) bond motifs is 2. The van der Waals surface area contributed by atoms with Gasteiger partial charge in [0, 0.05) is 49.6 Å². The standard InChI is InChI=1S/C22H21N5/c1-16-20(27-11-6-5-9-21(27)24-16)15-26-12-10-19-18(14-26)13-23-22(25-19)17-7-3-2-4-8-17/h2-9,11,13H,10,12,14-15H2,1H3. The van der Waals surface area contributed by atoms with Crippen molar-refractivity contribution in [2.45, 2.75) is 26.4 Å². The first-order chi connectivity index (χ1) is 13.3. The van der Waals surface area contributed by atoms with E-state index in [1.165, 1.54) is 17.0 Å². The Hall–Kier alpha value is -3.05. The number of hydrogen-bond acceptors (Lipinski definition) is 4. The fourth-order valence-electron chi connectivity index (χ4n) is 3.80. The van der Waals surface area contributed by atoms with Gasteiger partial charge in [0.1, 0.15) is 5.65 Å². The van der Waals surface area contributed by atoms with Gasteiger partial charge in [0.2, 0.25) is 0 Å². The average molecular weight is 355 g/mol. The maximum absolute atomic E-state index is 4.83. The van der Waals surface area contributed by atoms with Gasteiger partial charge in [-0.1, -0.05) is 36.4 Å². The maximum Gasteiger partial charge on any atom is 0.159 e. The van der Waals surface area contributed by atoms with Crippen LogP contribution in [0.1, 0.15) is 22.6 Å². The van der Waals surface area contributed by atoms with Gasteiger partial charge in [-0.15, -0.1) is 0 Å². The van der Waals surface area contributed by atoms with E-state index < -0.39 is 0 Å². The van der Waals surface area contributed by atoms with Gasteiger partial charge in [0.15, 0.2) is 5.82 Å². The maximum atomic E-state index is 4.83. The first kappa shape index (κ1) is 16.1. The summed E-state index contributed by atoms with van der Waals surface area (Å²) in [5, 5.41) is 0. The van der Waals surface area contributed by atoms with Crippen molar-refractivity contribution in [1.29, 1.82) is 0 Å². The summed E-state index contributed by atoms with van der Waals surface area (Å²) in [5.41, 5.74) is 6.85. The molecule has 134 valence electrons. The van der Waals surface area contributed by atoms with Gasteiger partial charge in [-0.3, -0.25) is 4.90 Å². The quantitative estimate of drug-likeness (QED) is 0.563. The number of hydrogen-bond donors (Lipinski definition) is 0. The number of nitrogens with zero attached hydrogens (tertiary/aromatic N) is 5. The van der Waals surface area contributed by atoms with Crippen LogP contribution in [0.25, 0.3) is 17.0 Å². The molecular formula is C22H21N5. The molecule has 0 unspecified atom stereocenters. The molecule has 0 atom stereocenters. The number of aromatic nitrogens is 4. The summed E-state index contributed by atoms with van der Waals surface area (Å²) in [6, 6.07) is 16.3. The van der Waals surface area contributed by atoms with Gasteiger partial charge in [0.05, 0.1) is 17.1 Å². The second-order valence-corrected chi connectivity index (χ2v) is 7.06. The monoisotopic (exact) mass is 355 g/mol. The number of rotatable bonds is 3. The van der Waals surface area contributed by atoms with Gasteiger partial charge in [-0.05, 0) is 19.1 Å². The predicted molar refractivity (Wildman–Crippen MR) is 105 cm³/mol. The Bertz CT molecular complexity index is 1100. The molecule has 0 spiro atoms. The fraction of sp³-hybridized carbons (Fsp3) is 0.227. The molecular weight excluding hydrogens is 334 g/mol. The first-order valence-corrected chi connectivity index (χ1v) is 9.33. The Morgan fingerprint density at radius 1 is 1.00 bits per heavy atom. The smallest absolute Gasteiger partial charge is 0.159 e. The molecule has 5 nitrogen and oxygen atoms in total. The van der Waals surface area contributed by atoms with E-state index in [4.69, 9.17) is 4.98 Å². The summed E-state index contributed by atoms with van der Waals surface area (Å²) < 4.78 is 2.19. The molecule has 4 heterocycles. The zero-order chi connectivity index (χ0) is 18.2. The van der Waals surface area contributed by atoms with Crippen LogP contribution in [0.4, 0.5) is 0 Å². The Labute approximate surface area is 158 Å². The van der Waals surface area contributed by atoms with Crippen molar-refractivity contribution < 1.29 is 0 Å². The largest absolute Gasteiger partial charge is 0.302 e. The highest BCUT2D eigenvalue weighted by Gasteiger charge is 2.21. The van der Waals surface area contributed by atoms with Crippen molar-refractivity contribution in [3.05, 3.63) is 83.6 Å². The molecule has 0 aliphatic carbocycles. The van der Waals surface area contributed by atoms with Gasteiger partial charge in [-0.2, -0.15) is 0 Å². The molecule has 0 saturated heterocycles. The van der Waals surface area contributed by atoms with Crippen LogP contribution >= 0.6 is 0 Å². The molecule has 3 aromatic heterocycles. The summed E-state index contributed by atoms with van der Waals surface area (Å²) in [4.78, 5) is 16.6. The lowest BCUT2D eigenvalue weighted by Gasteiger charge is -2.28. The summed E-state index contributed by atoms with van der Waals surface area (Å²) in [7, 11) is 0.